The van der Waals surface area contributed by atoms with E-state index < -0.39 is 0 Å². The summed E-state index contributed by atoms with van der Waals surface area (Å²) in [6, 6.07) is 0. The molecular weight excluding hydrogens is 256 g/mol. The fourth-order valence-electron chi connectivity index (χ4n) is 1.94. The number of nitrogens with one attached hydrogen (secondary N) is 3. The van der Waals surface area contributed by atoms with Crippen molar-refractivity contribution in [3.8, 4) is 0 Å². The summed E-state index contributed by atoms with van der Waals surface area (Å²) in [5.41, 5.74) is 1.19. The Morgan fingerprint density at radius 3 is 2.75 bits per heavy atom. The normalized spacial score (nSPS) is 11.8. The third-order valence-electron chi connectivity index (χ3n) is 2.84. The van der Waals surface area contributed by atoms with Crippen LogP contribution in [0, 0.1) is 0 Å². The quantitative estimate of drug-likeness (QED) is 0.718. The van der Waals surface area contributed by atoms with Gasteiger partial charge in [-0.25, -0.2) is 4.98 Å². The molecule has 0 atom stereocenters. The summed E-state index contributed by atoms with van der Waals surface area (Å²) in [6.07, 6.45) is 1.62. The molecule has 2 rings (SSSR count). The standard InChI is InChI=1S/C13H22N6O/c1-5-14-12-18-10(9-11(19-12)17-8-16-9)15-7-13(3,4)20-6-2/h8H,5-7H2,1-4H3,(H3,14,15,16,17,18,19). The first kappa shape index (κ1) is 14.5. The zero-order valence-electron chi connectivity index (χ0n) is 12.4. The molecule has 2 heterocycles. The number of rotatable bonds is 7. The molecule has 2 aromatic rings. The van der Waals surface area contributed by atoms with Crippen molar-refractivity contribution in [3.63, 3.8) is 0 Å². The molecule has 0 aliphatic heterocycles. The summed E-state index contributed by atoms with van der Waals surface area (Å²) in [4.78, 5) is 16.0. The Morgan fingerprint density at radius 2 is 2.05 bits per heavy atom. The molecule has 0 unspecified atom stereocenters. The zero-order valence-corrected chi connectivity index (χ0v) is 12.4. The first-order valence-corrected chi connectivity index (χ1v) is 6.88. The minimum absolute atomic E-state index is 0.260. The minimum atomic E-state index is -0.260. The summed E-state index contributed by atoms with van der Waals surface area (Å²) in [6.45, 7) is 10.2. The van der Waals surface area contributed by atoms with Gasteiger partial charge in [-0.3, -0.25) is 0 Å². The van der Waals surface area contributed by atoms with Gasteiger partial charge in [0.15, 0.2) is 11.5 Å². The molecule has 0 saturated heterocycles. The second-order valence-electron chi connectivity index (χ2n) is 5.07. The van der Waals surface area contributed by atoms with Crippen LogP contribution in [0.5, 0.6) is 0 Å². The largest absolute Gasteiger partial charge is 0.374 e. The molecule has 0 aliphatic carbocycles. The second-order valence-corrected chi connectivity index (χ2v) is 5.07. The van der Waals surface area contributed by atoms with Crippen molar-refractivity contribution >= 4 is 22.9 Å². The zero-order chi connectivity index (χ0) is 14.6. The van der Waals surface area contributed by atoms with Crippen molar-refractivity contribution in [2.75, 3.05) is 30.3 Å². The first-order chi connectivity index (χ1) is 9.55. The number of aromatic nitrogens is 4. The van der Waals surface area contributed by atoms with E-state index in [1.165, 1.54) is 0 Å². The van der Waals surface area contributed by atoms with Gasteiger partial charge in [-0.1, -0.05) is 0 Å². The predicted molar refractivity (Wildman–Crippen MR) is 80.0 cm³/mol. The molecule has 2 aromatic heterocycles. The van der Waals surface area contributed by atoms with Crippen LogP contribution in [0.2, 0.25) is 0 Å². The van der Waals surface area contributed by atoms with Crippen LogP contribution < -0.4 is 10.6 Å². The summed E-state index contributed by atoms with van der Waals surface area (Å²) in [5, 5.41) is 6.42. The molecule has 0 bridgehead atoms. The summed E-state index contributed by atoms with van der Waals surface area (Å²) in [7, 11) is 0. The number of ether oxygens (including phenoxy) is 1. The Bertz CT molecular complexity index is 565. The lowest BCUT2D eigenvalue weighted by molar-refractivity contribution is 0.000662. The van der Waals surface area contributed by atoms with Crippen LogP contribution in [-0.2, 0) is 4.74 Å². The predicted octanol–water partition coefficient (Wildman–Crippen LogP) is 2.01. The highest BCUT2D eigenvalue weighted by molar-refractivity contribution is 5.83. The van der Waals surface area contributed by atoms with Gasteiger partial charge in [0.25, 0.3) is 0 Å². The molecule has 7 nitrogen and oxygen atoms in total. The highest BCUT2D eigenvalue weighted by Gasteiger charge is 2.19. The van der Waals surface area contributed by atoms with E-state index in [0.717, 1.165) is 17.9 Å². The van der Waals surface area contributed by atoms with Crippen LogP contribution >= 0.6 is 0 Å². The Labute approximate surface area is 118 Å². The van der Waals surface area contributed by atoms with Gasteiger partial charge in [0.05, 0.1) is 11.9 Å². The fourth-order valence-corrected chi connectivity index (χ4v) is 1.94. The molecule has 0 spiro atoms. The van der Waals surface area contributed by atoms with Crippen molar-refractivity contribution in [3.05, 3.63) is 6.33 Å². The highest BCUT2D eigenvalue weighted by Crippen LogP contribution is 2.20. The van der Waals surface area contributed by atoms with Crippen LogP contribution in [0.3, 0.4) is 0 Å². The maximum atomic E-state index is 5.67. The summed E-state index contributed by atoms with van der Waals surface area (Å²) in [5.74, 6) is 1.31. The minimum Gasteiger partial charge on any atom is -0.374 e. The van der Waals surface area contributed by atoms with Crippen LogP contribution in [-0.4, -0.2) is 45.2 Å². The topological polar surface area (TPSA) is 87.8 Å². The van der Waals surface area contributed by atoms with E-state index in [0.29, 0.717) is 24.7 Å². The van der Waals surface area contributed by atoms with Gasteiger partial charge in [-0.2, -0.15) is 9.97 Å². The number of H-pyrrole nitrogens is 1. The van der Waals surface area contributed by atoms with Crippen molar-refractivity contribution in [2.45, 2.75) is 33.3 Å². The lowest BCUT2D eigenvalue weighted by Gasteiger charge is -2.25. The van der Waals surface area contributed by atoms with E-state index in [1.807, 2.05) is 27.7 Å². The van der Waals surface area contributed by atoms with Crippen molar-refractivity contribution in [1.82, 2.24) is 19.9 Å². The monoisotopic (exact) mass is 278 g/mol. The van der Waals surface area contributed by atoms with Crippen LogP contribution in [0.1, 0.15) is 27.7 Å². The molecule has 0 fully saturated rings. The average Bonchev–Trinajstić information content (AvgIpc) is 2.84. The third-order valence-corrected chi connectivity index (χ3v) is 2.84. The Kier molecular flexibility index (Phi) is 4.39. The molecular formula is C13H22N6O. The summed E-state index contributed by atoms with van der Waals surface area (Å²) >= 11 is 0. The van der Waals surface area contributed by atoms with Crippen molar-refractivity contribution < 1.29 is 4.74 Å². The molecule has 3 N–H and O–H groups in total. The van der Waals surface area contributed by atoms with E-state index in [9.17, 15) is 0 Å². The molecule has 0 aliphatic rings. The fraction of sp³-hybridized carbons (Fsp3) is 0.615. The second kappa shape index (κ2) is 6.04. The van der Waals surface area contributed by atoms with Gasteiger partial charge >= 0.3 is 0 Å². The van der Waals surface area contributed by atoms with Crippen LogP contribution in [0.4, 0.5) is 11.8 Å². The van der Waals surface area contributed by atoms with E-state index >= 15 is 0 Å². The molecule has 0 saturated carbocycles. The molecule has 20 heavy (non-hydrogen) atoms. The maximum absolute atomic E-state index is 5.67. The molecule has 110 valence electrons. The SMILES string of the molecule is CCNc1nc(NCC(C)(C)OCC)c2[nH]cnc2n1. The Morgan fingerprint density at radius 1 is 1.25 bits per heavy atom. The first-order valence-electron chi connectivity index (χ1n) is 6.88. The number of anilines is 2. The highest BCUT2D eigenvalue weighted by atomic mass is 16.5. The number of fused-ring (bicyclic) bond motifs is 1. The Balaban J connectivity index is 2.21. The van der Waals surface area contributed by atoms with Crippen LogP contribution in [0.15, 0.2) is 6.33 Å². The number of hydrogen-bond donors (Lipinski definition) is 3. The van der Waals surface area contributed by atoms with Gasteiger partial charge in [0, 0.05) is 19.7 Å². The van der Waals surface area contributed by atoms with E-state index in [-0.39, 0.29) is 5.60 Å². The van der Waals surface area contributed by atoms with Gasteiger partial charge in [0.1, 0.15) is 5.52 Å². The molecule has 0 aromatic carbocycles. The number of aromatic amines is 1. The van der Waals surface area contributed by atoms with Gasteiger partial charge in [-0.15, -0.1) is 0 Å². The van der Waals surface area contributed by atoms with E-state index in [2.05, 4.69) is 30.6 Å². The molecule has 7 heteroatoms. The number of nitrogens with zero attached hydrogens (tertiary/aromatic N) is 3. The Hall–Kier alpha value is -1.89. The average molecular weight is 278 g/mol. The van der Waals surface area contributed by atoms with Crippen molar-refractivity contribution in [1.29, 1.82) is 0 Å². The number of hydrogen-bond acceptors (Lipinski definition) is 6. The third kappa shape index (κ3) is 3.36. The maximum Gasteiger partial charge on any atom is 0.226 e. The molecule has 0 radical (unpaired) electrons. The molecule has 0 amide bonds. The van der Waals surface area contributed by atoms with Crippen molar-refractivity contribution in [2.24, 2.45) is 0 Å². The van der Waals surface area contributed by atoms with E-state index in [4.69, 9.17) is 4.74 Å². The lowest BCUT2D eigenvalue weighted by Crippen LogP contribution is -2.33. The van der Waals surface area contributed by atoms with Gasteiger partial charge in [0.2, 0.25) is 5.95 Å². The van der Waals surface area contributed by atoms with Crippen LogP contribution in [0.25, 0.3) is 11.2 Å². The smallest absolute Gasteiger partial charge is 0.226 e. The number of imidazole rings is 1. The van der Waals surface area contributed by atoms with Gasteiger partial charge in [-0.05, 0) is 27.7 Å². The summed E-state index contributed by atoms with van der Waals surface area (Å²) < 4.78 is 5.67. The lowest BCUT2D eigenvalue weighted by atomic mass is 10.1. The van der Waals surface area contributed by atoms with E-state index in [1.54, 1.807) is 6.33 Å². The van der Waals surface area contributed by atoms with Gasteiger partial charge < -0.3 is 20.4 Å².